The van der Waals surface area contributed by atoms with Crippen LogP contribution in [0.25, 0.3) is 0 Å². The van der Waals surface area contributed by atoms with Crippen LogP contribution in [0.1, 0.15) is 13.3 Å². The third-order valence-corrected chi connectivity index (χ3v) is 3.93. The summed E-state index contributed by atoms with van der Waals surface area (Å²) in [7, 11) is -1.27. The highest BCUT2D eigenvalue weighted by Gasteiger charge is 2.35. The van der Waals surface area contributed by atoms with E-state index in [2.05, 4.69) is 5.32 Å². The summed E-state index contributed by atoms with van der Waals surface area (Å²) >= 11 is 0. The van der Waals surface area contributed by atoms with Gasteiger partial charge in [0, 0.05) is 39.0 Å². The second-order valence-corrected chi connectivity index (χ2v) is 6.75. The summed E-state index contributed by atoms with van der Waals surface area (Å²) in [6.07, 6.45) is 2.10. The highest BCUT2D eigenvalue weighted by atomic mass is 32.2. The summed E-state index contributed by atoms with van der Waals surface area (Å²) in [6.45, 7) is 3.76. The van der Waals surface area contributed by atoms with Crippen LogP contribution < -0.4 is 5.32 Å². The third-order valence-electron chi connectivity index (χ3n) is 2.83. The second kappa shape index (κ2) is 5.44. The molecule has 1 saturated heterocycles. The molecule has 0 aliphatic carbocycles. The largest absolute Gasteiger partial charge is 0.378 e. The summed E-state index contributed by atoms with van der Waals surface area (Å²) in [6, 6.07) is -0.0670. The minimum Gasteiger partial charge on any atom is -0.378 e. The fourth-order valence-corrected chi connectivity index (χ4v) is 2.86. The van der Waals surface area contributed by atoms with Crippen molar-refractivity contribution in [3.8, 4) is 0 Å². The quantitative estimate of drug-likeness (QED) is 0.709. The molecule has 6 heteroatoms. The molecule has 1 rings (SSSR count). The monoisotopic (exact) mass is 251 g/mol. The SMILES string of the molecule is COC1(CNC(C)CS(C)(=O)=O)CCOC1. The van der Waals surface area contributed by atoms with E-state index in [0.29, 0.717) is 19.8 Å². The van der Waals surface area contributed by atoms with Gasteiger partial charge < -0.3 is 14.8 Å². The van der Waals surface area contributed by atoms with Crippen molar-refractivity contribution < 1.29 is 17.9 Å². The van der Waals surface area contributed by atoms with E-state index in [1.807, 2.05) is 6.92 Å². The molecule has 0 spiro atoms. The van der Waals surface area contributed by atoms with Gasteiger partial charge in [-0.25, -0.2) is 8.42 Å². The number of sulfone groups is 1. The molecule has 0 saturated carbocycles. The molecule has 0 bridgehead atoms. The third kappa shape index (κ3) is 4.37. The van der Waals surface area contributed by atoms with Gasteiger partial charge in [0.25, 0.3) is 0 Å². The molecule has 2 atom stereocenters. The zero-order chi connectivity index (χ0) is 12.2. The van der Waals surface area contributed by atoms with Gasteiger partial charge >= 0.3 is 0 Å². The van der Waals surface area contributed by atoms with Crippen molar-refractivity contribution in [1.82, 2.24) is 5.32 Å². The van der Waals surface area contributed by atoms with Crippen LogP contribution >= 0.6 is 0 Å². The van der Waals surface area contributed by atoms with E-state index in [0.717, 1.165) is 6.42 Å². The maximum atomic E-state index is 11.1. The fraction of sp³-hybridized carbons (Fsp3) is 1.00. The van der Waals surface area contributed by atoms with Crippen molar-refractivity contribution in [3.63, 3.8) is 0 Å². The molecule has 1 fully saturated rings. The number of hydrogen-bond acceptors (Lipinski definition) is 5. The minimum atomic E-state index is -2.93. The predicted molar refractivity (Wildman–Crippen MR) is 62.4 cm³/mol. The maximum absolute atomic E-state index is 11.1. The average molecular weight is 251 g/mol. The lowest BCUT2D eigenvalue weighted by molar-refractivity contribution is -0.0168. The van der Waals surface area contributed by atoms with Crippen LogP contribution in [0.2, 0.25) is 0 Å². The van der Waals surface area contributed by atoms with Crippen LogP contribution in [0, 0.1) is 0 Å². The van der Waals surface area contributed by atoms with E-state index in [1.54, 1.807) is 7.11 Å². The molecular formula is C10H21NO4S. The molecule has 0 amide bonds. The Kier molecular flexibility index (Phi) is 4.73. The Balaban J connectivity index is 2.38. The Morgan fingerprint density at radius 1 is 1.56 bits per heavy atom. The average Bonchev–Trinajstić information content (AvgIpc) is 2.61. The van der Waals surface area contributed by atoms with E-state index in [4.69, 9.17) is 9.47 Å². The Hall–Kier alpha value is -0.170. The number of methoxy groups -OCH3 is 1. The molecule has 5 nitrogen and oxygen atoms in total. The van der Waals surface area contributed by atoms with Crippen LogP contribution in [0.5, 0.6) is 0 Å². The van der Waals surface area contributed by atoms with E-state index in [1.165, 1.54) is 6.26 Å². The van der Waals surface area contributed by atoms with E-state index in [9.17, 15) is 8.42 Å². The van der Waals surface area contributed by atoms with Gasteiger partial charge in [-0.05, 0) is 6.92 Å². The van der Waals surface area contributed by atoms with Gasteiger partial charge in [0.1, 0.15) is 15.4 Å². The number of nitrogens with one attached hydrogen (secondary N) is 1. The van der Waals surface area contributed by atoms with Crippen LogP contribution in [-0.2, 0) is 19.3 Å². The first-order valence-corrected chi connectivity index (χ1v) is 7.47. The molecular weight excluding hydrogens is 230 g/mol. The summed E-state index contributed by atoms with van der Waals surface area (Å²) < 4.78 is 32.9. The zero-order valence-electron chi connectivity index (χ0n) is 10.2. The van der Waals surface area contributed by atoms with Crippen molar-refractivity contribution in [2.24, 2.45) is 0 Å². The highest BCUT2D eigenvalue weighted by molar-refractivity contribution is 7.90. The van der Waals surface area contributed by atoms with Gasteiger partial charge in [-0.2, -0.15) is 0 Å². The lowest BCUT2D eigenvalue weighted by atomic mass is 10.0. The topological polar surface area (TPSA) is 64.6 Å². The molecule has 16 heavy (non-hydrogen) atoms. The highest BCUT2D eigenvalue weighted by Crippen LogP contribution is 2.21. The molecule has 0 aromatic heterocycles. The second-order valence-electron chi connectivity index (χ2n) is 4.56. The minimum absolute atomic E-state index is 0.0670. The van der Waals surface area contributed by atoms with Gasteiger partial charge in [-0.3, -0.25) is 0 Å². The molecule has 0 aromatic carbocycles. The molecule has 1 heterocycles. The first-order chi connectivity index (χ1) is 7.37. The Morgan fingerprint density at radius 3 is 2.69 bits per heavy atom. The van der Waals surface area contributed by atoms with E-state index in [-0.39, 0.29) is 17.4 Å². The number of rotatable bonds is 6. The predicted octanol–water partition coefficient (Wildman–Crippen LogP) is -0.185. The smallest absolute Gasteiger partial charge is 0.148 e. The number of ether oxygens (including phenoxy) is 2. The standard InChI is InChI=1S/C10H21NO4S/c1-9(6-16(3,12)13)11-7-10(14-2)4-5-15-8-10/h9,11H,4-8H2,1-3H3. The number of hydrogen-bond donors (Lipinski definition) is 1. The van der Waals surface area contributed by atoms with Gasteiger partial charge in [0.05, 0.1) is 12.4 Å². The van der Waals surface area contributed by atoms with Crippen LogP contribution in [0.15, 0.2) is 0 Å². The molecule has 0 radical (unpaired) electrons. The summed E-state index contributed by atoms with van der Waals surface area (Å²) in [5.41, 5.74) is -0.286. The zero-order valence-corrected chi connectivity index (χ0v) is 11.0. The van der Waals surface area contributed by atoms with Gasteiger partial charge in [-0.1, -0.05) is 0 Å². The molecule has 1 aliphatic heterocycles. The van der Waals surface area contributed by atoms with Crippen LogP contribution in [0.4, 0.5) is 0 Å². The Morgan fingerprint density at radius 2 is 2.25 bits per heavy atom. The lowest BCUT2D eigenvalue weighted by Crippen LogP contribution is -2.47. The van der Waals surface area contributed by atoms with Crippen molar-refractivity contribution in [3.05, 3.63) is 0 Å². The van der Waals surface area contributed by atoms with Crippen molar-refractivity contribution >= 4 is 9.84 Å². The van der Waals surface area contributed by atoms with Crippen LogP contribution in [-0.4, -0.2) is 58.9 Å². The Bertz CT molecular complexity index is 309. The molecule has 1 aliphatic rings. The first-order valence-electron chi connectivity index (χ1n) is 5.41. The molecule has 2 unspecified atom stereocenters. The van der Waals surface area contributed by atoms with E-state index < -0.39 is 9.84 Å². The van der Waals surface area contributed by atoms with Crippen molar-refractivity contribution in [1.29, 1.82) is 0 Å². The maximum Gasteiger partial charge on any atom is 0.148 e. The molecule has 1 N–H and O–H groups in total. The molecule has 96 valence electrons. The van der Waals surface area contributed by atoms with Gasteiger partial charge in [-0.15, -0.1) is 0 Å². The summed E-state index contributed by atoms with van der Waals surface area (Å²) in [4.78, 5) is 0. The normalized spacial score (nSPS) is 28.2. The fourth-order valence-electron chi connectivity index (χ4n) is 1.83. The van der Waals surface area contributed by atoms with Crippen LogP contribution in [0.3, 0.4) is 0 Å². The van der Waals surface area contributed by atoms with Gasteiger partial charge in [0.2, 0.25) is 0 Å². The summed E-state index contributed by atoms with van der Waals surface area (Å²) in [5, 5.41) is 3.19. The Labute approximate surface area is 97.4 Å². The van der Waals surface area contributed by atoms with Crippen molar-refractivity contribution in [2.45, 2.75) is 25.0 Å². The molecule has 0 aromatic rings. The van der Waals surface area contributed by atoms with Crippen molar-refractivity contribution in [2.75, 3.05) is 38.9 Å². The summed E-state index contributed by atoms with van der Waals surface area (Å²) in [5.74, 6) is 0.146. The first kappa shape index (κ1) is 13.9. The van der Waals surface area contributed by atoms with E-state index >= 15 is 0 Å². The lowest BCUT2D eigenvalue weighted by Gasteiger charge is -2.27. The van der Waals surface area contributed by atoms with Gasteiger partial charge in [0.15, 0.2) is 0 Å².